The lowest BCUT2D eigenvalue weighted by Crippen LogP contribution is -2.45. The summed E-state index contributed by atoms with van der Waals surface area (Å²) in [6.45, 7) is 0.207. The summed E-state index contributed by atoms with van der Waals surface area (Å²) in [5.41, 5.74) is 0.987. The minimum absolute atomic E-state index is 0.0468. The molecule has 1 aromatic carbocycles. The monoisotopic (exact) mass is 414 g/mol. The van der Waals surface area contributed by atoms with Gasteiger partial charge in [-0.05, 0) is 24.0 Å². The number of nitro groups is 1. The molecule has 0 bridgehead atoms. The van der Waals surface area contributed by atoms with Crippen LogP contribution in [0.25, 0.3) is 0 Å². The number of fused-ring (bicyclic) bond motifs is 1. The van der Waals surface area contributed by atoms with E-state index in [0.29, 0.717) is 28.6 Å². The average Bonchev–Trinajstić information content (AvgIpc) is 3.34. The van der Waals surface area contributed by atoms with E-state index in [9.17, 15) is 19.7 Å². The molecule has 1 aromatic heterocycles. The highest BCUT2D eigenvalue weighted by Gasteiger charge is 2.38. The Morgan fingerprint density at radius 1 is 1.34 bits per heavy atom. The largest absolute Gasteiger partial charge is 0.322 e. The fraction of sp³-hybridized carbons (Fsp3) is 0.450. The van der Waals surface area contributed by atoms with Gasteiger partial charge in [-0.15, -0.1) is 11.3 Å². The molecule has 1 unspecified atom stereocenters. The number of benzene rings is 1. The number of hydrogen-bond acceptors (Lipinski definition) is 6. The molecule has 1 aliphatic heterocycles. The van der Waals surface area contributed by atoms with Crippen LogP contribution in [0.5, 0.6) is 0 Å². The zero-order valence-corrected chi connectivity index (χ0v) is 16.7. The molecule has 4 rings (SSSR count). The lowest BCUT2D eigenvalue weighted by molar-refractivity contribution is -0.384. The minimum atomic E-state index is -0.624. The number of carbonyl (C=O) groups excluding carboxylic acids is 2. The molecular formula is C20H22N4O4S. The first-order valence-corrected chi connectivity index (χ1v) is 10.7. The molecule has 152 valence electrons. The molecule has 2 aromatic rings. The fourth-order valence-corrected chi connectivity index (χ4v) is 4.82. The third-order valence-corrected chi connectivity index (χ3v) is 6.44. The average molecular weight is 414 g/mol. The summed E-state index contributed by atoms with van der Waals surface area (Å²) in [6.07, 6.45) is 7.83. The zero-order valence-electron chi connectivity index (χ0n) is 15.9. The molecule has 2 aliphatic rings. The Labute approximate surface area is 172 Å². The predicted octanol–water partition coefficient (Wildman–Crippen LogP) is 3.98. The number of non-ortho nitro benzene ring substituents is 1. The van der Waals surface area contributed by atoms with E-state index in [0.717, 1.165) is 25.7 Å². The molecule has 29 heavy (non-hydrogen) atoms. The molecule has 1 N–H and O–H groups in total. The molecule has 2 heterocycles. The number of nitrogens with zero attached hydrogens (tertiary/aromatic N) is 3. The normalized spacial score (nSPS) is 17.8. The number of nitrogens with one attached hydrogen (secondary N) is 1. The number of aromatic nitrogens is 1. The van der Waals surface area contributed by atoms with E-state index in [-0.39, 0.29) is 24.0 Å². The molecule has 0 radical (unpaired) electrons. The van der Waals surface area contributed by atoms with Gasteiger partial charge in [0.1, 0.15) is 6.04 Å². The van der Waals surface area contributed by atoms with E-state index in [1.807, 2.05) is 0 Å². The minimum Gasteiger partial charge on any atom is -0.322 e. The van der Waals surface area contributed by atoms with Crippen LogP contribution in [-0.4, -0.2) is 32.7 Å². The summed E-state index contributed by atoms with van der Waals surface area (Å²) in [4.78, 5) is 42.4. The van der Waals surface area contributed by atoms with Crippen molar-refractivity contribution in [3.8, 4) is 0 Å². The number of hydrogen-bond donors (Lipinski definition) is 1. The van der Waals surface area contributed by atoms with E-state index in [1.54, 1.807) is 16.5 Å². The smallest absolute Gasteiger partial charge is 0.269 e. The van der Waals surface area contributed by atoms with Gasteiger partial charge in [-0.3, -0.25) is 19.7 Å². The van der Waals surface area contributed by atoms with Crippen molar-refractivity contribution in [3.05, 3.63) is 51.0 Å². The maximum absolute atomic E-state index is 13.1. The van der Waals surface area contributed by atoms with Gasteiger partial charge in [-0.2, -0.15) is 0 Å². The lowest BCUT2D eigenvalue weighted by Gasteiger charge is -2.31. The molecule has 2 amide bonds. The van der Waals surface area contributed by atoms with Gasteiger partial charge in [0, 0.05) is 35.8 Å². The maximum Gasteiger partial charge on any atom is 0.269 e. The van der Waals surface area contributed by atoms with E-state index in [2.05, 4.69) is 10.3 Å². The van der Waals surface area contributed by atoms with Gasteiger partial charge >= 0.3 is 0 Å². The van der Waals surface area contributed by atoms with Gasteiger partial charge in [0.25, 0.3) is 11.6 Å². The predicted molar refractivity (Wildman–Crippen MR) is 109 cm³/mol. The summed E-state index contributed by atoms with van der Waals surface area (Å²) >= 11 is 1.33. The molecule has 1 atom stereocenters. The number of carbonyl (C=O) groups is 2. The Hall–Kier alpha value is -2.81. The standard InChI is InChI=1S/C20H22N4O4S/c25-18(22-20-21-8-9-29-20)17(10-13-4-2-1-3-5-13)23-12-14-11-15(24(27)28)6-7-16(14)19(23)26/h6-9,11,13,17H,1-5,10,12H2,(H,21,22,25). The molecule has 0 spiro atoms. The SMILES string of the molecule is O=C(Nc1nccs1)C(CC1CCCCC1)N1Cc2cc([N+](=O)[O-])ccc2C1=O. The second-order valence-corrected chi connectivity index (χ2v) is 8.51. The van der Waals surface area contributed by atoms with Crippen LogP contribution in [-0.2, 0) is 11.3 Å². The third-order valence-electron chi connectivity index (χ3n) is 5.75. The van der Waals surface area contributed by atoms with E-state index in [1.165, 1.54) is 36.0 Å². The van der Waals surface area contributed by atoms with E-state index < -0.39 is 11.0 Å². The summed E-state index contributed by atoms with van der Waals surface area (Å²) in [5.74, 6) is -0.104. The van der Waals surface area contributed by atoms with Crippen molar-refractivity contribution in [3.63, 3.8) is 0 Å². The summed E-state index contributed by atoms with van der Waals surface area (Å²) in [5, 5.41) is 16.2. The van der Waals surface area contributed by atoms with Crippen molar-refractivity contribution >= 4 is 34.0 Å². The van der Waals surface area contributed by atoms with Crippen LogP contribution in [0.15, 0.2) is 29.8 Å². The highest BCUT2D eigenvalue weighted by molar-refractivity contribution is 7.13. The summed E-state index contributed by atoms with van der Waals surface area (Å²) in [7, 11) is 0. The van der Waals surface area contributed by atoms with Gasteiger partial charge in [0.15, 0.2) is 5.13 Å². The molecular weight excluding hydrogens is 392 g/mol. The summed E-state index contributed by atoms with van der Waals surface area (Å²) in [6, 6.07) is 3.64. The lowest BCUT2D eigenvalue weighted by atomic mass is 9.84. The molecule has 9 heteroatoms. The fourth-order valence-electron chi connectivity index (χ4n) is 4.28. The van der Waals surface area contributed by atoms with Crippen molar-refractivity contribution in [1.29, 1.82) is 0 Å². The first kappa shape index (κ1) is 19.5. The van der Waals surface area contributed by atoms with Crippen LogP contribution in [0.1, 0.15) is 54.4 Å². The Kier molecular flexibility index (Phi) is 5.57. The second kappa shape index (κ2) is 8.28. The highest BCUT2D eigenvalue weighted by Crippen LogP contribution is 2.33. The molecule has 1 aliphatic carbocycles. The van der Waals surface area contributed by atoms with Crippen molar-refractivity contribution in [2.75, 3.05) is 5.32 Å². The van der Waals surface area contributed by atoms with Crippen LogP contribution in [0, 0.1) is 16.0 Å². The van der Waals surface area contributed by atoms with Crippen molar-refractivity contribution < 1.29 is 14.5 Å². The third kappa shape index (κ3) is 4.14. The topological polar surface area (TPSA) is 105 Å². The van der Waals surface area contributed by atoms with Crippen LogP contribution in [0.4, 0.5) is 10.8 Å². The molecule has 1 saturated carbocycles. The Balaban J connectivity index is 1.58. The maximum atomic E-state index is 13.1. The Bertz CT molecular complexity index is 925. The van der Waals surface area contributed by atoms with Gasteiger partial charge in [0.2, 0.25) is 5.91 Å². The van der Waals surface area contributed by atoms with Gasteiger partial charge in [-0.1, -0.05) is 32.1 Å². The zero-order chi connectivity index (χ0) is 20.4. The van der Waals surface area contributed by atoms with Gasteiger partial charge in [-0.25, -0.2) is 4.98 Å². The van der Waals surface area contributed by atoms with Crippen LogP contribution >= 0.6 is 11.3 Å². The van der Waals surface area contributed by atoms with E-state index in [4.69, 9.17) is 0 Å². The van der Waals surface area contributed by atoms with Crippen molar-refractivity contribution in [1.82, 2.24) is 9.88 Å². The summed E-state index contributed by atoms with van der Waals surface area (Å²) < 4.78 is 0. The number of nitro benzene ring substituents is 1. The first-order chi connectivity index (χ1) is 14.0. The number of anilines is 1. The van der Waals surface area contributed by atoms with Crippen LogP contribution in [0.3, 0.4) is 0 Å². The van der Waals surface area contributed by atoms with Crippen LogP contribution in [0.2, 0.25) is 0 Å². The molecule has 8 nitrogen and oxygen atoms in total. The number of thiazole rings is 1. The second-order valence-electron chi connectivity index (χ2n) is 7.61. The number of amides is 2. The first-order valence-electron chi connectivity index (χ1n) is 9.81. The quantitative estimate of drug-likeness (QED) is 0.568. The van der Waals surface area contributed by atoms with Gasteiger partial charge < -0.3 is 10.2 Å². The Morgan fingerprint density at radius 3 is 2.83 bits per heavy atom. The van der Waals surface area contributed by atoms with Crippen molar-refractivity contribution in [2.45, 2.75) is 51.1 Å². The highest BCUT2D eigenvalue weighted by atomic mass is 32.1. The molecule has 1 fully saturated rings. The Morgan fingerprint density at radius 2 is 2.14 bits per heavy atom. The van der Waals surface area contributed by atoms with Gasteiger partial charge in [0.05, 0.1) is 4.92 Å². The van der Waals surface area contributed by atoms with Crippen LogP contribution < -0.4 is 5.32 Å². The van der Waals surface area contributed by atoms with Crippen molar-refractivity contribution in [2.24, 2.45) is 5.92 Å². The van der Waals surface area contributed by atoms with E-state index >= 15 is 0 Å². The number of rotatable bonds is 6. The molecule has 0 saturated heterocycles.